The summed E-state index contributed by atoms with van der Waals surface area (Å²) in [7, 11) is 1.90. The first-order valence-electron chi connectivity index (χ1n) is 15.2. The molecule has 13 heteroatoms. The van der Waals surface area contributed by atoms with E-state index in [-0.39, 0.29) is 36.0 Å². The zero-order valence-electron chi connectivity index (χ0n) is 27.0. The molecule has 0 radical (unpaired) electrons. The van der Waals surface area contributed by atoms with Gasteiger partial charge in [0.1, 0.15) is 28.6 Å². The summed E-state index contributed by atoms with van der Waals surface area (Å²) in [6.07, 6.45) is 0. The summed E-state index contributed by atoms with van der Waals surface area (Å²) in [5, 5.41) is 18.3. The van der Waals surface area contributed by atoms with Gasteiger partial charge >= 0.3 is 5.97 Å². The Labute approximate surface area is 276 Å². The maximum absolute atomic E-state index is 16.8. The minimum atomic E-state index is -1.62. The van der Waals surface area contributed by atoms with E-state index in [4.69, 9.17) is 25.4 Å². The molecule has 0 amide bonds. The number of pyridine rings is 1. The lowest BCUT2D eigenvalue weighted by Gasteiger charge is -2.38. The molecule has 0 bridgehead atoms. The van der Waals surface area contributed by atoms with Crippen molar-refractivity contribution >= 4 is 23.3 Å². The maximum Gasteiger partial charge on any atom is 0.331 e. The van der Waals surface area contributed by atoms with Crippen molar-refractivity contribution in [3.8, 4) is 29.0 Å². The molecular weight excluding hydrogens is 622 g/mol. The number of anilines is 1. The van der Waals surface area contributed by atoms with Crippen molar-refractivity contribution in [3.05, 3.63) is 101 Å². The number of carbonyl (C=O) groups excluding carboxylic acids is 1. The number of aromatic nitrogens is 1. The fourth-order valence-electron chi connectivity index (χ4n) is 5.12. The Morgan fingerprint density at radius 2 is 1.75 bits per heavy atom. The van der Waals surface area contributed by atoms with Gasteiger partial charge in [-0.3, -0.25) is 10.4 Å². The van der Waals surface area contributed by atoms with Crippen molar-refractivity contribution in [1.29, 1.82) is 5.41 Å². The van der Waals surface area contributed by atoms with Gasteiger partial charge in [0.05, 0.1) is 13.2 Å². The van der Waals surface area contributed by atoms with Crippen molar-refractivity contribution < 1.29 is 32.9 Å². The van der Waals surface area contributed by atoms with Crippen LogP contribution in [-0.4, -0.2) is 64.9 Å². The molecule has 0 aliphatic carbocycles. The number of hydrogen-bond acceptors (Lipinski definition) is 10. The first-order valence-corrected chi connectivity index (χ1v) is 15.2. The van der Waals surface area contributed by atoms with E-state index < -0.39 is 46.3 Å². The van der Waals surface area contributed by atoms with Gasteiger partial charge in [-0.2, -0.15) is 13.8 Å². The average molecular weight is 659 g/mol. The number of hydrogen-bond donors (Lipinski definition) is 3. The summed E-state index contributed by atoms with van der Waals surface area (Å²) in [5.74, 6) is -4.83. The molecule has 0 spiro atoms. The summed E-state index contributed by atoms with van der Waals surface area (Å²) in [4.78, 5) is 25.1. The van der Waals surface area contributed by atoms with Crippen molar-refractivity contribution in [3.63, 3.8) is 0 Å². The Hall–Kier alpha value is -5.72. The summed E-state index contributed by atoms with van der Waals surface area (Å²) in [6, 6.07) is 19.4. The summed E-state index contributed by atoms with van der Waals surface area (Å²) in [6.45, 7) is 5.87. The molecule has 1 aliphatic rings. The quantitative estimate of drug-likeness (QED) is 0.0951. The maximum atomic E-state index is 16.8. The number of amidine groups is 2. The molecule has 0 saturated carbocycles. The second-order valence-corrected chi connectivity index (χ2v) is 11.5. The number of rotatable bonds is 12. The number of ether oxygens (including phenoxy) is 3. The van der Waals surface area contributed by atoms with Gasteiger partial charge in [-0.15, -0.1) is 0 Å². The van der Waals surface area contributed by atoms with E-state index in [9.17, 15) is 9.90 Å². The Morgan fingerprint density at radius 1 is 1.04 bits per heavy atom. The molecule has 250 valence electrons. The first kappa shape index (κ1) is 33.6. The molecule has 5 rings (SSSR count). The molecule has 1 aliphatic heterocycles. The van der Waals surface area contributed by atoms with Gasteiger partial charge in [0.15, 0.2) is 11.5 Å². The Morgan fingerprint density at radius 3 is 2.40 bits per heavy atom. The number of nitrogen functional groups attached to an aromatic ring is 1. The largest absolute Gasteiger partial charge is 0.504 e. The van der Waals surface area contributed by atoms with E-state index in [1.54, 1.807) is 55.5 Å². The minimum absolute atomic E-state index is 0.0358. The van der Waals surface area contributed by atoms with Gasteiger partial charge in [0.25, 0.3) is 11.8 Å². The predicted octanol–water partition coefficient (Wildman–Crippen LogP) is 5.97. The van der Waals surface area contributed by atoms with Crippen molar-refractivity contribution in [2.24, 2.45) is 10.7 Å². The molecule has 4 N–H and O–H groups in total. The number of benzene rings is 3. The molecule has 0 atom stereocenters. The van der Waals surface area contributed by atoms with E-state index in [1.165, 1.54) is 36.9 Å². The van der Waals surface area contributed by atoms with Crippen LogP contribution in [0.15, 0.2) is 77.8 Å². The van der Waals surface area contributed by atoms with Crippen LogP contribution in [0.1, 0.15) is 37.5 Å². The number of nitrogens with zero attached hydrogens (tertiary/aromatic N) is 4. The number of phenolic OH excluding ortho intramolecular Hbond substituents is 1. The molecule has 0 fully saturated rings. The van der Waals surface area contributed by atoms with Gasteiger partial charge in [0, 0.05) is 31.3 Å². The summed E-state index contributed by atoms with van der Waals surface area (Å²) < 4.78 is 50.5. The number of aliphatic imine (C=N–C) groups is 1. The summed E-state index contributed by atoms with van der Waals surface area (Å²) in [5.41, 5.74) is 4.83. The number of esters is 1. The third-order valence-electron chi connectivity index (χ3n) is 7.74. The molecule has 48 heavy (non-hydrogen) atoms. The number of phenols is 1. The zero-order valence-corrected chi connectivity index (χ0v) is 27.0. The summed E-state index contributed by atoms with van der Waals surface area (Å²) >= 11 is 0. The molecule has 11 nitrogen and oxygen atoms in total. The smallest absolute Gasteiger partial charge is 0.331 e. The minimum Gasteiger partial charge on any atom is -0.504 e. The molecule has 3 aromatic carbocycles. The Kier molecular flexibility index (Phi) is 9.78. The van der Waals surface area contributed by atoms with Crippen LogP contribution in [0.25, 0.3) is 0 Å². The normalized spacial score (nSPS) is 12.8. The van der Waals surface area contributed by atoms with Gasteiger partial charge in [-0.05, 0) is 56.7 Å². The van der Waals surface area contributed by atoms with Crippen LogP contribution in [0.4, 0.5) is 14.5 Å². The zero-order chi connectivity index (χ0) is 34.6. The van der Waals surface area contributed by atoms with Gasteiger partial charge in [0.2, 0.25) is 11.6 Å². The molecular formula is C35H36F2N6O5. The van der Waals surface area contributed by atoms with E-state index in [1.807, 2.05) is 18.0 Å². The molecule has 1 aromatic heterocycles. The topological polar surface area (TPSA) is 147 Å². The average Bonchev–Trinajstić information content (AvgIpc) is 3.50. The van der Waals surface area contributed by atoms with Gasteiger partial charge in [-0.25, -0.2) is 4.79 Å². The second kappa shape index (κ2) is 14.0. The first-order chi connectivity index (χ1) is 22.9. The van der Waals surface area contributed by atoms with E-state index >= 15 is 8.78 Å². The highest BCUT2D eigenvalue weighted by Gasteiger charge is 2.41. The van der Waals surface area contributed by atoms with Crippen LogP contribution in [0.5, 0.6) is 29.0 Å². The van der Waals surface area contributed by atoms with Crippen LogP contribution in [0, 0.1) is 17.0 Å². The van der Waals surface area contributed by atoms with Crippen LogP contribution in [0.2, 0.25) is 0 Å². The number of nitrogens with two attached hydrogens (primary N) is 1. The lowest BCUT2D eigenvalue weighted by atomic mass is 10.00. The standard InChI is InChI=1S/C35H36F2N6O5/c1-5-46-34(45)35(2,3)43(20-21-10-7-6-8-11-21)29-27(36)32(47-24-13-9-12-23(18-24)31-40-16-17-42(31)4)41-33(28(29)37)48-26-19-22(30(38)39)14-15-25(26)44/h6-15,18-19,44H,5,16-17,20H2,1-4H3,(H3,38,39). The van der Waals surface area contributed by atoms with Crippen LogP contribution in [-0.2, 0) is 16.1 Å². The van der Waals surface area contributed by atoms with Gasteiger partial charge in [-0.1, -0.05) is 42.5 Å². The number of halogens is 2. The predicted molar refractivity (Wildman–Crippen MR) is 177 cm³/mol. The highest BCUT2D eigenvalue weighted by Crippen LogP contribution is 2.42. The fourth-order valence-corrected chi connectivity index (χ4v) is 5.12. The van der Waals surface area contributed by atoms with Crippen molar-refractivity contribution in [2.75, 3.05) is 31.6 Å². The highest BCUT2D eigenvalue weighted by atomic mass is 19.1. The third kappa shape index (κ3) is 6.99. The molecule has 2 heterocycles. The van der Waals surface area contributed by atoms with E-state index in [0.29, 0.717) is 17.7 Å². The second-order valence-electron chi connectivity index (χ2n) is 11.5. The molecule has 4 aromatic rings. The van der Waals surface area contributed by atoms with E-state index in [0.717, 1.165) is 12.4 Å². The lowest BCUT2D eigenvalue weighted by Crippen LogP contribution is -2.51. The number of likely N-dealkylation sites (N-methyl/N-ethyl adjacent to an activating group) is 1. The molecule has 0 unspecified atom stereocenters. The van der Waals surface area contributed by atoms with Crippen molar-refractivity contribution in [1.82, 2.24) is 9.88 Å². The number of carbonyl (C=O) groups is 1. The Bertz CT molecular complexity index is 1870. The SMILES string of the molecule is CCOC(=O)C(C)(C)N(Cc1ccccc1)c1c(F)c(Oc2cccc(C3=NCCN3C)c2)nc(Oc2cc(C(=N)N)ccc2O)c1F. The monoisotopic (exact) mass is 658 g/mol. The van der Waals surface area contributed by atoms with E-state index in [2.05, 4.69) is 9.98 Å². The molecule has 0 saturated heterocycles. The number of nitrogens with one attached hydrogen (secondary N) is 1. The van der Waals surface area contributed by atoms with Crippen LogP contribution >= 0.6 is 0 Å². The van der Waals surface area contributed by atoms with Crippen LogP contribution < -0.4 is 20.1 Å². The van der Waals surface area contributed by atoms with Crippen LogP contribution in [0.3, 0.4) is 0 Å². The Balaban J connectivity index is 1.69. The fraction of sp³-hybridized carbons (Fsp3) is 0.257. The highest BCUT2D eigenvalue weighted by molar-refractivity contribution is 6.00. The lowest BCUT2D eigenvalue weighted by molar-refractivity contribution is -0.148. The number of aromatic hydroxyl groups is 1. The van der Waals surface area contributed by atoms with Gasteiger partial charge < -0.3 is 34.9 Å². The van der Waals surface area contributed by atoms with Crippen molar-refractivity contribution in [2.45, 2.75) is 32.9 Å². The third-order valence-corrected chi connectivity index (χ3v) is 7.74.